The highest BCUT2D eigenvalue weighted by atomic mass is 35.5. The van der Waals surface area contributed by atoms with E-state index in [0.717, 1.165) is 25.3 Å². The molecule has 0 amide bonds. The van der Waals surface area contributed by atoms with Crippen molar-refractivity contribution in [2.45, 2.75) is 18.9 Å². The number of aliphatic carboxylic acids is 1. The molecular weight excluding hydrogens is 376 g/mol. The van der Waals surface area contributed by atoms with E-state index in [-0.39, 0.29) is 12.7 Å². The van der Waals surface area contributed by atoms with Crippen LogP contribution in [0.2, 0.25) is 4.47 Å². The molecule has 1 aliphatic rings. The van der Waals surface area contributed by atoms with Gasteiger partial charge in [-0.3, -0.25) is 4.90 Å². The third-order valence-electron chi connectivity index (χ3n) is 4.32. The Balaban J connectivity index is 1.55. The molecule has 2 aromatic rings. The van der Waals surface area contributed by atoms with Crippen LogP contribution in [0.1, 0.15) is 30.2 Å². The van der Waals surface area contributed by atoms with E-state index in [2.05, 4.69) is 16.8 Å². The van der Waals surface area contributed by atoms with Crippen LogP contribution in [0.3, 0.4) is 0 Å². The number of hydrogen-bond acceptors (Lipinski definition) is 6. The fourth-order valence-electron chi connectivity index (χ4n) is 2.99. The lowest BCUT2D eigenvalue weighted by molar-refractivity contribution is -0.139. The summed E-state index contributed by atoms with van der Waals surface area (Å²) in [7, 11) is 0. The first kappa shape index (κ1) is 19.1. The second kappa shape index (κ2) is 8.81. The van der Waals surface area contributed by atoms with E-state index in [0.29, 0.717) is 22.7 Å². The van der Waals surface area contributed by atoms with Crippen molar-refractivity contribution >= 4 is 28.9 Å². The molecule has 140 valence electrons. The molecule has 1 saturated heterocycles. The molecule has 2 heterocycles. The molecule has 1 aromatic heterocycles. The summed E-state index contributed by atoms with van der Waals surface area (Å²) < 4.78 is 11.6. The quantitative estimate of drug-likeness (QED) is 0.773. The molecule has 26 heavy (non-hydrogen) atoms. The van der Waals surface area contributed by atoms with Gasteiger partial charge in [-0.1, -0.05) is 30.7 Å². The van der Waals surface area contributed by atoms with Gasteiger partial charge < -0.3 is 14.6 Å². The van der Waals surface area contributed by atoms with Crippen molar-refractivity contribution in [1.82, 2.24) is 9.88 Å². The van der Waals surface area contributed by atoms with E-state index in [4.69, 9.17) is 26.2 Å². The smallest absolute Gasteiger partial charge is 0.341 e. The Kier molecular flexibility index (Phi) is 6.48. The standard InChI is InChI=1S/C18H21ClN2O4S/c1-12(13-2-4-14(5-3-13)25-10-17(22)23)8-21-6-7-24-16(9-21)15-11-26-18(19)20-15/h2-5,11-12,16H,6-10H2,1H3,(H,22,23). The lowest BCUT2D eigenvalue weighted by Crippen LogP contribution is -2.40. The van der Waals surface area contributed by atoms with Gasteiger partial charge in [0.1, 0.15) is 11.9 Å². The molecule has 6 nitrogen and oxygen atoms in total. The molecular formula is C18H21ClN2O4S. The summed E-state index contributed by atoms with van der Waals surface area (Å²) in [5.74, 6) is -0.0813. The van der Waals surface area contributed by atoms with Crippen molar-refractivity contribution in [2.75, 3.05) is 32.8 Å². The Morgan fingerprint density at radius 3 is 2.92 bits per heavy atom. The van der Waals surface area contributed by atoms with Crippen LogP contribution in [-0.2, 0) is 9.53 Å². The van der Waals surface area contributed by atoms with E-state index in [9.17, 15) is 4.79 Å². The van der Waals surface area contributed by atoms with Gasteiger partial charge in [0.25, 0.3) is 0 Å². The zero-order valence-electron chi connectivity index (χ0n) is 14.4. The summed E-state index contributed by atoms with van der Waals surface area (Å²) in [6.45, 7) is 5.12. The number of ether oxygens (including phenoxy) is 2. The molecule has 2 atom stereocenters. The van der Waals surface area contributed by atoms with Crippen molar-refractivity contribution in [3.8, 4) is 5.75 Å². The SMILES string of the molecule is CC(CN1CCOC(c2csc(Cl)n2)C1)c1ccc(OCC(=O)O)cc1. The fraction of sp³-hybridized carbons (Fsp3) is 0.444. The summed E-state index contributed by atoms with van der Waals surface area (Å²) in [4.78, 5) is 17.2. The van der Waals surface area contributed by atoms with Gasteiger partial charge in [-0.2, -0.15) is 0 Å². The molecule has 1 fully saturated rings. The highest BCUT2D eigenvalue weighted by Crippen LogP contribution is 2.27. The topological polar surface area (TPSA) is 71.9 Å². The van der Waals surface area contributed by atoms with Gasteiger partial charge in [0.2, 0.25) is 0 Å². The van der Waals surface area contributed by atoms with Crippen molar-refractivity contribution < 1.29 is 19.4 Å². The van der Waals surface area contributed by atoms with E-state index < -0.39 is 5.97 Å². The minimum absolute atomic E-state index is 0.0357. The first-order chi connectivity index (χ1) is 12.5. The Hall–Kier alpha value is -1.67. The van der Waals surface area contributed by atoms with E-state index in [1.165, 1.54) is 16.9 Å². The van der Waals surface area contributed by atoms with Crippen LogP contribution in [0.5, 0.6) is 5.75 Å². The van der Waals surface area contributed by atoms with Crippen LogP contribution in [0.15, 0.2) is 29.6 Å². The van der Waals surface area contributed by atoms with E-state index in [1.807, 2.05) is 29.6 Å². The molecule has 0 spiro atoms. The third kappa shape index (κ3) is 5.17. The molecule has 0 saturated carbocycles. The van der Waals surface area contributed by atoms with Crippen LogP contribution < -0.4 is 4.74 Å². The van der Waals surface area contributed by atoms with Gasteiger partial charge in [-0.15, -0.1) is 11.3 Å². The Labute approximate surface area is 161 Å². The number of hydrogen-bond donors (Lipinski definition) is 1. The number of nitrogens with zero attached hydrogens (tertiary/aromatic N) is 2. The molecule has 0 aliphatic carbocycles. The molecule has 1 N–H and O–H groups in total. The number of morpholine rings is 1. The monoisotopic (exact) mass is 396 g/mol. The van der Waals surface area contributed by atoms with Crippen LogP contribution >= 0.6 is 22.9 Å². The molecule has 0 radical (unpaired) electrons. The minimum atomic E-state index is -0.981. The number of benzene rings is 1. The normalized spacial score (nSPS) is 19.2. The predicted octanol–water partition coefficient (Wildman–Crippen LogP) is 3.44. The zero-order valence-corrected chi connectivity index (χ0v) is 16.0. The summed E-state index contributed by atoms with van der Waals surface area (Å²) in [6, 6.07) is 7.60. The summed E-state index contributed by atoms with van der Waals surface area (Å²) in [6.07, 6.45) is -0.0357. The number of aromatic nitrogens is 1. The predicted molar refractivity (Wildman–Crippen MR) is 100 cm³/mol. The molecule has 2 unspecified atom stereocenters. The first-order valence-corrected chi connectivity index (χ1v) is 9.66. The second-order valence-electron chi connectivity index (χ2n) is 6.30. The van der Waals surface area contributed by atoms with Crippen LogP contribution in [-0.4, -0.2) is 53.8 Å². The molecule has 8 heteroatoms. The van der Waals surface area contributed by atoms with Gasteiger partial charge in [-0.25, -0.2) is 9.78 Å². The Morgan fingerprint density at radius 2 is 2.27 bits per heavy atom. The largest absolute Gasteiger partial charge is 0.482 e. The highest BCUT2D eigenvalue weighted by molar-refractivity contribution is 7.13. The number of halogens is 1. The van der Waals surface area contributed by atoms with E-state index >= 15 is 0 Å². The maximum Gasteiger partial charge on any atom is 0.341 e. The van der Waals surface area contributed by atoms with Crippen molar-refractivity contribution in [3.05, 3.63) is 45.4 Å². The summed E-state index contributed by atoms with van der Waals surface area (Å²) in [5.41, 5.74) is 2.09. The molecule has 3 rings (SSSR count). The van der Waals surface area contributed by atoms with Crippen molar-refractivity contribution in [1.29, 1.82) is 0 Å². The van der Waals surface area contributed by atoms with Crippen LogP contribution in [0.4, 0.5) is 0 Å². The molecule has 1 aliphatic heterocycles. The Morgan fingerprint density at radius 1 is 1.50 bits per heavy atom. The first-order valence-electron chi connectivity index (χ1n) is 8.40. The van der Waals surface area contributed by atoms with E-state index in [1.54, 1.807) is 0 Å². The number of thiazole rings is 1. The lowest BCUT2D eigenvalue weighted by atomic mass is 10.00. The number of carboxylic acid groups (broad SMARTS) is 1. The molecule has 0 bridgehead atoms. The third-order valence-corrected chi connectivity index (χ3v) is 5.31. The van der Waals surface area contributed by atoms with Gasteiger partial charge in [-0.05, 0) is 23.6 Å². The summed E-state index contributed by atoms with van der Waals surface area (Å²) in [5, 5.41) is 10.6. The minimum Gasteiger partial charge on any atom is -0.482 e. The maximum absolute atomic E-state index is 10.5. The lowest BCUT2D eigenvalue weighted by Gasteiger charge is -2.33. The Bertz CT molecular complexity index is 737. The van der Waals surface area contributed by atoms with Gasteiger partial charge >= 0.3 is 5.97 Å². The molecule has 1 aromatic carbocycles. The van der Waals surface area contributed by atoms with Crippen LogP contribution in [0.25, 0.3) is 0 Å². The van der Waals surface area contributed by atoms with Crippen LogP contribution in [0, 0.1) is 0 Å². The highest BCUT2D eigenvalue weighted by Gasteiger charge is 2.25. The maximum atomic E-state index is 10.5. The number of rotatable bonds is 7. The average molecular weight is 397 g/mol. The van der Waals surface area contributed by atoms with Gasteiger partial charge in [0.15, 0.2) is 11.1 Å². The second-order valence-corrected chi connectivity index (χ2v) is 7.74. The van der Waals surface area contributed by atoms with Crippen molar-refractivity contribution in [2.24, 2.45) is 0 Å². The number of carbonyl (C=O) groups is 1. The van der Waals surface area contributed by atoms with Gasteiger partial charge in [0, 0.05) is 25.0 Å². The van der Waals surface area contributed by atoms with Gasteiger partial charge in [0.05, 0.1) is 12.3 Å². The summed E-state index contributed by atoms with van der Waals surface area (Å²) >= 11 is 7.35. The average Bonchev–Trinajstić information content (AvgIpc) is 3.07. The van der Waals surface area contributed by atoms with Crippen molar-refractivity contribution in [3.63, 3.8) is 0 Å². The number of carboxylic acids is 1. The zero-order chi connectivity index (χ0) is 18.5. The fourth-order valence-corrected chi connectivity index (χ4v) is 3.80.